The van der Waals surface area contributed by atoms with Crippen molar-refractivity contribution in [3.8, 4) is 0 Å². The van der Waals surface area contributed by atoms with Gasteiger partial charge in [0.15, 0.2) is 22.7 Å². The van der Waals surface area contributed by atoms with E-state index in [4.69, 9.17) is 10.8 Å². The van der Waals surface area contributed by atoms with Crippen LogP contribution in [0.2, 0.25) is 0 Å². The molecule has 21 heteroatoms. The van der Waals surface area contributed by atoms with E-state index in [0.717, 1.165) is 5.56 Å². The molecule has 0 aliphatic carbocycles. The Bertz CT molecular complexity index is 2580. The number of Topliss-reactive ketones (excluding diaryl/α,β-unsaturated/α-hetero) is 2. The Morgan fingerprint density at radius 1 is 0.829 bits per heavy atom. The fourth-order valence-corrected chi connectivity index (χ4v) is 8.31. The number of benzene rings is 2. The minimum absolute atomic E-state index is 0.0132. The van der Waals surface area contributed by atoms with Gasteiger partial charge < -0.3 is 42.3 Å². The minimum Gasteiger partial charge on any atom is -0.481 e. The molecule has 0 bridgehead atoms. The van der Waals surface area contributed by atoms with Crippen LogP contribution in [0, 0.1) is 0 Å². The Balaban J connectivity index is 1.48. The maximum Gasteiger partial charge on any atom is 0.332 e. The highest BCUT2D eigenvalue weighted by molar-refractivity contribution is 6.00. The first-order chi connectivity index (χ1) is 33.3. The number of carboxylic acid groups (broad SMARTS) is 3. The summed E-state index contributed by atoms with van der Waals surface area (Å²) in [6.45, 7) is 9.51. The molecule has 4 aromatic rings. The molecule has 11 N–H and O–H groups in total. The van der Waals surface area contributed by atoms with Crippen molar-refractivity contribution in [1.29, 1.82) is 0 Å². The smallest absolute Gasteiger partial charge is 0.332 e. The molecule has 0 fully saturated rings. The summed E-state index contributed by atoms with van der Waals surface area (Å²) in [5.41, 5.74) is 4.44. The van der Waals surface area contributed by atoms with E-state index in [1.807, 2.05) is 51.1 Å². The molecule has 3 atom stereocenters. The van der Waals surface area contributed by atoms with Gasteiger partial charge in [0.25, 0.3) is 11.5 Å². The molecule has 21 nitrogen and oxygen atoms in total. The topological polar surface area (TPSA) is 338 Å². The molecule has 2 aromatic heterocycles. The Morgan fingerprint density at radius 3 is 2.09 bits per heavy atom. The second-order valence-electron chi connectivity index (χ2n) is 17.1. The monoisotopic (exact) mass is 968 g/mol. The summed E-state index contributed by atoms with van der Waals surface area (Å²) in [5, 5.41) is 43.8. The van der Waals surface area contributed by atoms with Crippen LogP contribution in [0.3, 0.4) is 0 Å². The Kier molecular flexibility index (Phi) is 20.4. The second-order valence-corrected chi connectivity index (χ2v) is 17.1. The third-order valence-electron chi connectivity index (χ3n) is 12.4. The van der Waals surface area contributed by atoms with Crippen molar-refractivity contribution in [3.05, 3.63) is 99.6 Å². The third-order valence-corrected chi connectivity index (χ3v) is 12.4. The molecule has 2 aromatic carbocycles. The number of aromatic amines is 1. The summed E-state index contributed by atoms with van der Waals surface area (Å²) >= 11 is 0. The average Bonchev–Trinajstić information content (AvgIpc) is 3.33. The number of carbonyl (C=O) groups excluding carboxylic acids is 4. The predicted octanol–water partition coefficient (Wildman–Crippen LogP) is 3.69. The van der Waals surface area contributed by atoms with E-state index < -0.39 is 70.4 Å². The number of carboxylic acids is 3. The van der Waals surface area contributed by atoms with Crippen LogP contribution < -0.4 is 37.9 Å². The van der Waals surface area contributed by atoms with Crippen molar-refractivity contribution in [3.63, 3.8) is 0 Å². The van der Waals surface area contributed by atoms with Crippen LogP contribution in [0.4, 0.5) is 11.6 Å². The molecule has 2 amide bonds. The highest BCUT2D eigenvalue weighted by Gasteiger charge is 2.44. The molecule has 0 aliphatic heterocycles. The summed E-state index contributed by atoms with van der Waals surface area (Å²) in [7, 11) is 0. The Hall–Kier alpha value is -7.39. The number of aromatic nitrogens is 4. The molecule has 0 spiro atoms. The molecule has 4 rings (SSSR count). The molecule has 2 heterocycles. The molecular formula is C49H64N10O11. The summed E-state index contributed by atoms with van der Waals surface area (Å²) in [6.07, 6.45) is 2.97. The maximum atomic E-state index is 15.0. The highest BCUT2D eigenvalue weighted by Crippen LogP contribution is 2.27. The molecule has 0 radical (unpaired) electrons. The van der Waals surface area contributed by atoms with Crippen molar-refractivity contribution in [2.75, 3.05) is 17.6 Å². The zero-order valence-electron chi connectivity index (χ0n) is 40.1. The first-order valence-corrected chi connectivity index (χ1v) is 23.3. The normalized spacial score (nSPS) is 13.2. The van der Waals surface area contributed by atoms with E-state index in [2.05, 4.69) is 46.5 Å². The summed E-state index contributed by atoms with van der Waals surface area (Å²) < 4.78 is 0. The van der Waals surface area contributed by atoms with Crippen molar-refractivity contribution in [2.45, 2.75) is 135 Å². The van der Waals surface area contributed by atoms with Gasteiger partial charge in [0.1, 0.15) is 6.04 Å². The van der Waals surface area contributed by atoms with Crippen LogP contribution >= 0.6 is 0 Å². The number of ketones is 2. The van der Waals surface area contributed by atoms with Crippen LogP contribution in [-0.4, -0.2) is 112 Å². The molecule has 0 aliphatic rings. The number of nitrogen functional groups attached to an aromatic ring is 1. The van der Waals surface area contributed by atoms with E-state index in [-0.39, 0.29) is 91.9 Å². The first-order valence-electron chi connectivity index (χ1n) is 23.3. The number of nitrogens with two attached hydrogens (primary N) is 1. The molecule has 2 unspecified atom stereocenters. The number of amides is 2. The van der Waals surface area contributed by atoms with Crippen LogP contribution in [0.5, 0.6) is 0 Å². The van der Waals surface area contributed by atoms with Crippen molar-refractivity contribution in [2.24, 2.45) is 0 Å². The average molecular weight is 969 g/mol. The summed E-state index contributed by atoms with van der Waals surface area (Å²) in [6, 6.07) is 13.4. The number of aliphatic carboxylic acids is 3. The fraction of sp³-hybridized carbons (Fsp3) is 0.449. The van der Waals surface area contributed by atoms with Gasteiger partial charge >= 0.3 is 17.9 Å². The van der Waals surface area contributed by atoms with E-state index in [9.17, 15) is 48.6 Å². The fourth-order valence-electron chi connectivity index (χ4n) is 8.31. The number of H-pyrrole nitrogens is 1. The van der Waals surface area contributed by atoms with Gasteiger partial charge in [-0.2, -0.15) is 4.98 Å². The number of hydrogen-bond acceptors (Lipinski definition) is 15. The van der Waals surface area contributed by atoms with Crippen LogP contribution in [0.25, 0.3) is 11.2 Å². The van der Waals surface area contributed by atoms with Crippen LogP contribution in [0.15, 0.2) is 77.2 Å². The first kappa shape index (κ1) is 55.2. The van der Waals surface area contributed by atoms with Crippen molar-refractivity contribution < 1.29 is 48.9 Å². The van der Waals surface area contributed by atoms with Gasteiger partial charge in [-0.1, -0.05) is 58.0 Å². The number of anilines is 2. The number of rotatable bonds is 30. The standard InChI is InChI=1S/C49H64N10O11/c1-6-48(7-2,37(60)22-21-36(46(69)70)55-43(65)31-17-19-33(20-18-31)52-27-34-28-53-42-40(54-34)44(66)57-47(50)56-42)59-35(16-13-23-51-38(61)25-32(45(67)68)26-39(62)63)41(64)49(8-3,9-4)58-29(5)24-30-14-11-10-12-15-30/h10-12,14-15,17-20,25,28-29,35-36,52,58-59H,6-9,13,16,21-24,26-27H2,1-5H3,(H,51,61)(H,55,65)(H,62,63)(H,67,68)(H,69,70)(H3,50,53,56,57,66)/b32-25+/t29?,35?,36-/m0/s1. The van der Waals surface area contributed by atoms with Gasteiger partial charge in [0.05, 0.1) is 47.5 Å². The van der Waals surface area contributed by atoms with Gasteiger partial charge in [-0.05, 0) is 88.1 Å². The van der Waals surface area contributed by atoms with E-state index in [1.54, 1.807) is 26.0 Å². The highest BCUT2D eigenvalue weighted by atomic mass is 16.4. The second kappa shape index (κ2) is 25.8. The van der Waals surface area contributed by atoms with Gasteiger partial charge in [-0.3, -0.25) is 39.1 Å². The van der Waals surface area contributed by atoms with Gasteiger partial charge in [0, 0.05) is 36.3 Å². The van der Waals surface area contributed by atoms with Crippen LogP contribution in [-0.2, 0) is 41.7 Å². The third kappa shape index (κ3) is 15.3. The lowest BCUT2D eigenvalue weighted by atomic mass is 9.79. The number of nitrogens with zero attached hydrogens (tertiary/aromatic N) is 3. The number of fused-ring (bicyclic) bond motifs is 1. The molecule has 376 valence electrons. The molecule has 0 saturated heterocycles. The molecular weight excluding hydrogens is 905 g/mol. The minimum atomic E-state index is -1.55. The van der Waals surface area contributed by atoms with E-state index in [0.29, 0.717) is 36.7 Å². The number of carbonyl (C=O) groups is 7. The molecule has 0 saturated carbocycles. The van der Waals surface area contributed by atoms with Gasteiger partial charge in [-0.15, -0.1) is 0 Å². The lowest BCUT2D eigenvalue weighted by Gasteiger charge is -2.41. The number of hydrogen-bond donors (Lipinski definition) is 10. The lowest BCUT2D eigenvalue weighted by molar-refractivity contribution is -0.140. The summed E-state index contributed by atoms with van der Waals surface area (Å²) in [5.74, 6) is -6.49. The molecule has 70 heavy (non-hydrogen) atoms. The lowest BCUT2D eigenvalue weighted by Crippen LogP contribution is -2.65. The SMILES string of the molecule is CCC(CC)(NC(CCCNC(=O)/C=C(\CC(=O)O)C(=O)O)C(=O)C(CC)(CC)NC(C)Cc1ccccc1)C(=O)CC[C@H](NC(=O)c1ccc(NCc2cnc3nc(N)[nH]c(=O)c3n2)cc1)C(=O)O. The number of nitrogens with one attached hydrogen (secondary N) is 6. The Labute approximate surface area is 404 Å². The van der Waals surface area contributed by atoms with Gasteiger partial charge in [0.2, 0.25) is 11.9 Å². The van der Waals surface area contributed by atoms with E-state index in [1.165, 1.54) is 18.3 Å². The predicted molar refractivity (Wildman–Crippen MR) is 261 cm³/mol. The largest absolute Gasteiger partial charge is 0.481 e. The Morgan fingerprint density at radius 2 is 1.49 bits per heavy atom. The maximum absolute atomic E-state index is 15.0. The van der Waals surface area contributed by atoms with Crippen molar-refractivity contribution >= 4 is 64.1 Å². The van der Waals surface area contributed by atoms with E-state index >= 15 is 0 Å². The van der Waals surface area contributed by atoms with Crippen molar-refractivity contribution in [1.82, 2.24) is 41.2 Å². The van der Waals surface area contributed by atoms with Gasteiger partial charge in [-0.25, -0.2) is 19.6 Å². The zero-order valence-corrected chi connectivity index (χ0v) is 40.1. The summed E-state index contributed by atoms with van der Waals surface area (Å²) in [4.78, 5) is 118. The van der Waals surface area contributed by atoms with Crippen LogP contribution in [0.1, 0.15) is 114 Å². The quantitative estimate of drug-likeness (QED) is 0.0263. The zero-order chi connectivity index (χ0) is 51.6.